The van der Waals surface area contributed by atoms with E-state index in [0.29, 0.717) is 10.7 Å². The molecular formula is C10H12ClNO3S. The summed E-state index contributed by atoms with van der Waals surface area (Å²) in [6.45, 7) is 0. The van der Waals surface area contributed by atoms with Crippen molar-refractivity contribution in [3.63, 3.8) is 0 Å². The molecule has 16 heavy (non-hydrogen) atoms. The minimum absolute atomic E-state index is 0.263. The third-order valence-electron chi connectivity index (χ3n) is 2.10. The molecule has 0 aliphatic rings. The zero-order chi connectivity index (χ0) is 12.3. The van der Waals surface area contributed by atoms with Gasteiger partial charge in [-0.1, -0.05) is 11.6 Å². The van der Waals surface area contributed by atoms with E-state index < -0.39 is 17.3 Å². The topological polar surface area (TPSA) is 52.6 Å². The summed E-state index contributed by atoms with van der Waals surface area (Å²) in [6, 6.07) is 4.82. The second kappa shape index (κ2) is 5.43. The summed E-state index contributed by atoms with van der Waals surface area (Å²) in [4.78, 5) is 11.4. The predicted octanol–water partition coefficient (Wildman–Crippen LogP) is 1.86. The van der Waals surface area contributed by atoms with Crippen LogP contribution >= 0.6 is 11.6 Å². The molecule has 0 saturated heterocycles. The molecular weight excluding hydrogens is 250 g/mol. The van der Waals surface area contributed by atoms with Gasteiger partial charge in [-0.2, -0.15) is 4.31 Å². The molecule has 0 aliphatic carbocycles. The van der Waals surface area contributed by atoms with E-state index in [1.165, 1.54) is 11.4 Å². The van der Waals surface area contributed by atoms with Crippen LogP contribution in [0.3, 0.4) is 0 Å². The molecule has 0 fully saturated rings. The van der Waals surface area contributed by atoms with Gasteiger partial charge in [-0.15, -0.1) is 0 Å². The molecule has 1 aromatic rings. The highest BCUT2D eigenvalue weighted by atomic mass is 35.5. The standard InChI is InChI=1S/C10H12ClNO3S/c1-12(16(3)14)7-4-5-9(11)8(6-7)10(13)15-2/h4-6H,1-3H3. The summed E-state index contributed by atoms with van der Waals surface area (Å²) in [6.07, 6.45) is 1.55. The smallest absolute Gasteiger partial charge is 0.339 e. The lowest BCUT2D eigenvalue weighted by molar-refractivity contribution is 0.0601. The highest BCUT2D eigenvalue weighted by Gasteiger charge is 2.16. The van der Waals surface area contributed by atoms with Gasteiger partial charge in [-0.3, -0.25) is 0 Å². The minimum atomic E-state index is -1.15. The van der Waals surface area contributed by atoms with Gasteiger partial charge in [0.1, 0.15) is 6.26 Å². The highest BCUT2D eigenvalue weighted by Crippen LogP contribution is 2.24. The molecule has 1 atom stereocenters. The van der Waals surface area contributed by atoms with Crippen LogP contribution < -0.4 is 4.31 Å². The molecule has 1 rings (SSSR count). The summed E-state index contributed by atoms with van der Waals surface area (Å²) in [5.41, 5.74) is 0.907. The Morgan fingerprint density at radius 1 is 1.56 bits per heavy atom. The van der Waals surface area contributed by atoms with E-state index in [1.54, 1.807) is 31.5 Å². The Labute approximate surface area is 102 Å². The first kappa shape index (κ1) is 13.2. The fourth-order valence-corrected chi connectivity index (χ4v) is 1.73. The van der Waals surface area contributed by atoms with Crippen molar-refractivity contribution >= 4 is 34.6 Å². The molecule has 0 bridgehead atoms. The van der Waals surface area contributed by atoms with E-state index in [-0.39, 0.29) is 5.56 Å². The Kier molecular flexibility index (Phi) is 4.46. The maximum absolute atomic E-state index is 11.4. The fourth-order valence-electron chi connectivity index (χ4n) is 1.12. The molecule has 0 amide bonds. The number of halogens is 1. The average molecular weight is 262 g/mol. The van der Waals surface area contributed by atoms with E-state index in [0.717, 1.165) is 0 Å². The van der Waals surface area contributed by atoms with Crippen molar-refractivity contribution in [1.29, 1.82) is 0 Å². The van der Waals surface area contributed by atoms with E-state index in [9.17, 15) is 9.35 Å². The Balaban J connectivity index is 3.12. The number of esters is 1. The third kappa shape index (κ3) is 2.81. The maximum Gasteiger partial charge on any atom is 0.339 e. The summed E-state index contributed by atoms with van der Waals surface area (Å²) < 4.78 is 17.4. The number of carbonyl (C=O) groups is 1. The molecule has 0 spiro atoms. The van der Waals surface area contributed by atoms with Crippen LogP contribution in [0.15, 0.2) is 18.2 Å². The minimum Gasteiger partial charge on any atom is -0.593 e. The lowest BCUT2D eigenvalue weighted by Crippen LogP contribution is -2.25. The number of nitrogens with zero attached hydrogens (tertiary/aromatic N) is 1. The Hall–Kier alpha value is -0.910. The van der Waals surface area contributed by atoms with Crippen LogP contribution in [0.4, 0.5) is 5.69 Å². The van der Waals surface area contributed by atoms with Gasteiger partial charge in [0, 0.05) is 0 Å². The summed E-state index contributed by atoms with van der Waals surface area (Å²) in [5, 5.41) is 0.311. The second-order valence-corrected chi connectivity index (χ2v) is 4.88. The molecule has 4 nitrogen and oxygen atoms in total. The van der Waals surface area contributed by atoms with Gasteiger partial charge in [0.15, 0.2) is 0 Å². The molecule has 0 heterocycles. The SMILES string of the molecule is COC(=O)c1cc(N(C)[S+](C)[O-])ccc1Cl. The number of benzene rings is 1. The Morgan fingerprint density at radius 3 is 2.69 bits per heavy atom. The molecule has 0 aromatic heterocycles. The van der Waals surface area contributed by atoms with Crippen LogP contribution in [-0.4, -0.2) is 30.9 Å². The van der Waals surface area contributed by atoms with E-state index in [2.05, 4.69) is 4.74 Å². The normalized spacial score (nSPS) is 12.1. The van der Waals surface area contributed by atoms with Gasteiger partial charge in [0.25, 0.3) is 0 Å². The predicted molar refractivity (Wildman–Crippen MR) is 65.3 cm³/mol. The van der Waals surface area contributed by atoms with Crippen molar-refractivity contribution in [2.24, 2.45) is 0 Å². The number of carbonyl (C=O) groups excluding carboxylic acids is 1. The quantitative estimate of drug-likeness (QED) is 0.616. The first-order chi connectivity index (χ1) is 7.47. The number of rotatable bonds is 3. The monoisotopic (exact) mass is 261 g/mol. The van der Waals surface area contributed by atoms with Crippen molar-refractivity contribution in [1.82, 2.24) is 0 Å². The molecule has 0 aliphatic heterocycles. The molecule has 0 saturated carbocycles. The van der Waals surface area contributed by atoms with Crippen LogP contribution in [0, 0.1) is 0 Å². The number of hydrogen-bond acceptors (Lipinski definition) is 4. The first-order valence-electron chi connectivity index (χ1n) is 4.42. The molecule has 6 heteroatoms. The largest absolute Gasteiger partial charge is 0.593 e. The Bertz CT molecular complexity index is 398. The lowest BCUT2D eigenvalue weighted by atomic mass is 10.2. The van der Waals surface area contributed by atoms with Crippen molar-refractivity contribution in [3.05, 3.63) is 28.8 Å². The van der Waals surface area contributed by atoms with Crippen LogP contribution in [0.2, 0.25) is 5.02 Å². The van der Waals surface area contributed by atoms with Gasteiger partial charge in [-0.25, -0.2) is 4.79 Å². The highest BCUT2D eigenvalue weighted by molar-refractivity contribution is 7.92. The summed E-state index contributed by atoms with van der Waals surface area (Å²) in [5.74, 6) is -0.512. The summed E-state index contributed by atoms with van der Waals surface area (Å²) >= 11 is 4.71. The lowest BCUT2D eigenvalue weighted by Gasteiger charge is -2.19. The van der Waals surface area contributed by atoms with Crippen molar-refractivity contribution < 1.29 is 14.1 Å². The fraction of sp³-hybridized carbons (Fsp3) is 0.300. The second-order valence-electron chi connectivity index (χ2n) is 3.08. The Morgan fingerprint density at radius 2 is 2.19 bits per heavy atom. The van der Waals surface area contributed by atoms with Gasteiger partial charge < -0.3 is 9.29 Å². The van der Waals surface area contributed by atoms with Gasteiger partial charge >= 0.3 is 5.97 Å². The number of methoxy groups -OCH3 is 1. The summed E-state index contributed by atoms with van der Waals surface area (Å²) in [7, 11) is 2.95. The zero-order valence-electron chi connectivity index (χ0n) is 9.19. The average Bonchev–Trinajstić information content (AvgIpc) is 2.27. The maximum atomic E-state index is 11.4. The van der Waals surface area contributed by atoms with Crippen LogP contribution in [0.1, 0.15) is 10.4 Å². The van der Waals surface area contributed by atoms with E-state index in [4.69, 9.17) is 11.6 Å². The number of ether oxygens (including phenoxy) is 1. The molecule has 1 aromatic carbocycles. The van der Waals surface area contributed by atoms with Crippen LogP contribution in [0.5, 0.6) is 0 Å². The molecule has 0 N–H and O–H groups in total. The van der Waals surface area contributed by atoms with Crippen molar-refractivity contribution in [2.45, 2.75) is 0 Å². The molecule has 88 valence electrons. The number of anilines is 1. The number of hydrogen-bond donors (Lipinski definition) is 0. The zero-order valence-corrected chi connectivity index (χ0v) is 10.8. The van der Waals surface area contributed by atoms with Crippen molar-refractivity contribution in [3.8, 4) is 0 Å². The van der Waals surface area contributed by atoms with Crippen molar-refractivity contribution in [2.75, 3.05) is 24.7 Å². The van der Waals surface area contributed by atoms with Gasteiger partial charge in [-0.05, 0) is 18.2 Å². The van der Waals surface area contributed by atoms with E-state index in [1.807, 2.05) is 0 Å². The van der Waals surface area contributed by atoms with E-state index >= 15 is 0 Å². The third-order valence-corrected chi connectivity index (χ3v) is 3.42. The molecule has 1 unspecified atom stereocenters. The molecule has 0 radical (unpaired) electrons. The van der Waals surface area contributed by atoms with Crippen LogP contribution in [0.25, 0.3) is 0 Å². The van der Waals surface area contributed by atoms with Gasteiger partial charge in [0.2, 0.25) is 0 Å². The van der Waals surface area contributed by atoms with Gasteiger partial charge in [0.05, 0.1) is 41.8 Å². The first-order valence-corrected chi connectivity index (χ1v) is 6.31. The van der Waals surface area contributed by atoms with Crippen LogP contribution in [-0.2, 0) is 16.1 Å².